The number of non-ortho nitro benzene ring substituents is 1. The Kier molecular flexibility index (Phi) is 6.08. The zero-order valence-corrected chi connectivity index (χ0v) is 18.2. The average Bonchev–Trinajstić information content (AvgIpc) is 3.09. The molecule has 3 aromatic rings. The van der Waals surface area contributed by atoms with Crippen molar-refractivity contribution < 1.29 is 32.8 Å². The summed E-state index contributed by atoms with van der Waals surface area (Å²) in [7, 11) is 0. The maximum absolute atomic E-state index is 13.3. The number of amides is 1. The first-order valence-corrected chi connectivity index (χ1v) is 10.4. The fourth-order valence-corrected chi connectivity index (χ4v) is 3.91. The molecule has 1 heterocycles. The fourth-order valence-electron chi connectivity index (χ4n) is 3.79. The van der Waals surface area contributed by atoms with Gasteiger partial charge in [0.1, 0.15) is 5.76 Å². The number of carbonyl (C=O) groups is 2. The van der Waals surface area contributed by atoms with Crippen molar-refractivity contribution >= 4 is 40.4 Å². The number of anilines is 1. The number of rotatable bonds is 4. The highest BCUT2D eigenvalue weighted by atomic mass is 35.5. The lowest BCUT2D eigenvalue weighted by Gasteiger charge is -2.26. The first kappa shape index (κ1) is 24.0. The lowest BCUT2D eigenvalue weighted by Crippen LogP contribution is -2.29. The van der Waals surface area contributed by atoms with Crippen LogP contribution < -0.4 is 4.90 Å². The van der Waals surface area contributed by atoms with Crippen LogP contribution >= 0.6 is 11.6 Å². The highest BCUT2D eigenvalue weighted by Gasteiger charge is 2.47. The number of nitro benzene ring substituents is 1. The number of nitrogens with zero attached hydrogens (tertiary/aromatic N) is 2. The standard InChI is InChI=1S/C24H14ClF3N2O5/c25-16-8-4-14(5-9-16)21(31)19-20(13-6-10-17(11-7-13)30(34)35)29(23(33)22(19)32)18-3-1-2-15(12-18)24(26,27)28/h1-12,20,31H/b21-19-/t20-/m1/s1. The Morgan fingerprint density at radius 1 is 1.00 bits per heavy atom. The molecule has 1 aliphatic heterocycles. The maximum Gasteiger partial charge on any atom is 0.416 e. The van der Waals surface area contributed by atoms with Gasteiger partial charge in [0, 0.05) is 28.4 Å². The van der Waals surface area contributed by atoms with Crippen LogP contribution in [0.2, 0.25) is 5.02 Å². The van der Waals surface area contributed by atoms with E-state index in [9.17, 15) is 38.0 Å². The summed E-state index contributed by atoms with van der Waals surface area (Å²) in [5, 5.41) is 22.4. The lowest BCUT2D eigenvalue weighted by atomic mass is 9.95. The minimum atomic E-state index is -4.71. The van der Waals surface area contributed by atoms with E-state index in [-0.39, 0.29) is 28.1 Å². The summed E-state index contributed by atoms with van der Waals surface area (Å²) < 4.78 is 40.0. The third-order valence-corrected chi connectivity index (χ3v) is 5.69. The molecule has 1 N–H and O–H groups in total. The van der Waals surface area contributed by atoms with E-state index in [0.717, 1.165) is 29.2 Å². The van der Waals surface area contributed by atoms with Crippen molar-refractivity contribution in [3.05, 3.63) is 110 Å². The van der Waals surface area contributed by atoms with E-state index < -0.39 is 40.2 Å². The van der Waals surface area contributed by atoms with Gasteiger partial charge in [-0.05, 0) is 60.2 Å². The second-order valence-corrected chi connectivity index (χ2v) is 8.01. The van der Waals surface area contributed by atoms with Gasteiger partial charge in [-0.2, -0.15) is 13.2 Å². The van der Waals surface area contributed by atoms with E-state index in [4.69, 9.17) is 11.6 Å². The topological polar surface area (TPSA) is 101 Å². The van der Waals surface area contributed by atoms with Crippen LogP contribution in [-0.4, -0.2) is 21.7 Å². The largest absolute Gasteiger partial charge is 0.507 e. The van der Waals surface area contributed by atoms with E-state index in [0.29, 0.717) is 11.1 Å². The Hall–Kier alpha value is -4.18. The number of nitro groups is 1. The number of benzene rings is 3. The molecule has 0 aromatic heterocycles. The molecule has 35 heavy (non-hydrogen) atoms. The molecule has 178 valence electrons. The van der Waals surface area contributed by atoms with Crippen LogP contribution in [-0.2, 0) is 15.8 Å². The summed E-state index contributed by atoms with van der Waals surface area (Å²) >= 11 is 5.87. The van der Waals surface area contributed by atoms with Crippen molar-refractivity contribution in [1.82, 2.24) is 0 Å². The summed E-state index contributed by atoms with van der Waals surface area (Å²) in [6.07, 6.45) is -4.71. The number of halogens is 4. The Bertz CT molecular complexity index is 1370. The van der Waals surface area contributed by atoms with Crippen LogP contribution in [0.1, 0.15) is 22.7 Å². The zero-order valence-electron chi connectivity index (χ0n) is 17.5. The Morgan fingerprint density at radius 2 is 1.63 bits per heavy atom. The molecule has 1 amide bonds. The van der Waals surface area contributed by atoms with Crippen LogP contribution in [0.5, 0.6) is 0 Å². The van der Waals surface area contributed by atoms with E-state index in [1.54, 1.807) is 0 Å². The number of alkyl halides is 3. The number of Topliss-reactive ketones (excluding diaryl/α,β-unsaturated/α-hetero) is 1. The van der Waals surface area contributed by atoms with Gasteiger partial charge in [-0.25, -0.2) is 0 Å². The van der Waals surface area contributed by atoms with E-state index in [1.165, 1.54) is 42.5 Å². The van der Waals surface area contributed by atoms with Crippen molar-refractivity contribution in [2.24, 2.45) is 0 Å². The molecular weight excluding hydrogens is 489 g/mol. The highest BCUT2D eigenvalue weighted by Crippen LogP contribution is 2.43. The molecule has 1 saturated heterocycles. The summed E-state index contributed by atoms with van der Waals surface area (Å²) in [5.74, 6) is -2.86. The number of aliphatic hydroxyl groups is 1. The minimum Gasteiger partial charge on any atom is -0.507 e. The molecule has 11 heteroatoms. The third kappa shape index (κ3) is 4.47. The number of aliphatic hydroxyl groups excluding tert-OH is 1. The third-order valence-electron chi connectivity index (χ3n) is 5.43. The van der Waals surface area contributed by atoms with Gasteiger partial charge in [0.2, 0.25) is 0 Å². The van der Waals surface area contributed by atoms with Crippen molar-refractivity contribution in [2.45, 2.75) is 12.2 Å². The molecule has 1 fully saturated rings. The smallest absolute Gasteiger partial charge is 0.416 e. The monoisotopic (exact) mass is 502 g/mol. The first-order valence-electron chi connectivity index (χ1n) is 9.97. The number of ketones is 1. The van der Waals surface area contributed by atoms with Crippen LogP contribution in [0.3, 0.4) is 0 Å². The fraction of sp³-hybridized carbons (Fsp3) is 0.0833. The summed E-state index contributed by atoms with van der Waals surface area (Å²) in [6, 6.07) is 13.0. The molecule has 0 spiro atoms. The van der Waals surface area contributed by atoms with Gasteiger partial charge in [-0.15, -0.1) is 0 Å². The van der Waals surface area contributed by atoms with Gasteiger partial charge in [0.15, 0.2) is 0 Å². The zero-order chi connectivity index (χ0) is 25.5. The van der Waals surface area contributed by atoms with Crippen molar-refractivity contribution in [2.75, 3.05) is 4.90 Å². The second kappa shape index (κ2) is 8.88. The van der Waals surface area contributed by atoms with Gasteiger partial charge < -0.3 is 5.11 Å². The summed E-state index contributed by atoms with van der Waals surface area (Å²) in [5.41, 5.74) is -1.63. The Balaban J connectivity index is 1.94. The van der Waals surface area contributed by atoms with Gasteiger partial charge in [-0.1, -0.05) is 17.7 Å². The van der Waals surface area contributed by atoms with Gasteiger partial charge in [0.25, 0.3) is 17.4 Å². The quantitative estimate of drug-likeness (QED) is 0.157. The first-order chi connectivity index (χ1) is 16.5. The molecule has 0 aliphatic carbocycles. The minimum absolute atomic E-state index is 0.142. The maximum atomic E-state index is 13.3. The molecule has 3 aromatic carbocycles. The van der Waals surface area contributed by atoms with Crippen LogP contribution in [0.4, 0.5) is 24.5 Å². The predicted molar refractivity (Wildman–Crippen MR) is 121 cm³/mol. The molecule has 1 aliphatic rings. The summed E-state index contributed by atoms with van der Waals surface area (Å²) in [6.45, 7) is 0. The van der Waals surface area contributed by atoms with Crippen molar-refractivity contribution in [3.8, 4) is 0 Å². The second-order valence-electron chi connectivity index (χ2n) is 7.57. The molecule has 4 rings (SSSR count). The molecule has 1 atom stereocenters. The van der Waals surface area contributed by atoms with Crippen molar-refractivity contribution in [3.63, 3.8) is 0 Å². The van der Waals surface area contributed by atoms with Crippen LogP contribution in [0.15, 0.2) is 78.4 Å². The number of carbonyl (C=O) groups excluding carboxylic acids is 2. The predicted octanol–water partition coefficient (Wildman–Crippen LogP) is 5.89. The SMILES string of the molecule is O=C1C(=O)N(c2cccc(C(F)(F)F)c2)[C@H](c2ccc([N+](=O)[O-])cc2)/C1=C(/O)c1ccc(Cl)cc1. The van der Waals surface area contributed by atoms with Crippen LogP contribution in [0.25, 0.3) is 5.76 Å². The molecule has 0 saturated carbocycles. The molecule has 0 radical (unpaired) electrons. The van der Waals surface area contributed by atoms with Gasteiger partial charge >= 0.3 is 6.18 Å². The average molecular weight is 503 g/mol. The normalized spacial score (nSPS) is 17.6. The molecular formula is C24H14ClF3N2O5. The summed E-state index contributed by atoms with van der Waals surface area (Å²) in [4.78, 5) is 37.3. The highest BCUT2D eigenvalue weighted by molar-refractivity contribution is 6.51. The van der Waals surface area contributed by atoms with Gasteiger partial charge in [-0.3, -0.25) is 24.6 Å². The van der Waals surface area contributed by atoms with E-state index in [2.05, 4.69) is 0 Å². The molecule has 0 bridgehead atoms. The van der Waals surface area contributed by atoms with E-state index >= 15 is 0 Å². The lowest BCUT2D eigenvalue weighted by molar-refractivity contribution is -0.384. The van der Waals surface area contributed by atoms with Crippen LogP contribution in [0, 0.1) is 10.1 Å². The Morgan fingerprint density at radius 3 is 2.20 bits per heavy atom. The van der Waals surface area contributed by atoms with Gasteiger partial charge in [0.05, 0.1) is 22.1 Å². The number of hydrogen-bond acceptors (Lipinski definition) is 5. The van der Waals surface area contributed by atoms with E-state index in [1.807, 2.05) is 0 Å². The number of hydrogen-bond donors (Lipinski definition) is 1. The molecule has 7 nitrogen and oxygen atoms in total. The molecule has 0 unspecified atom stereocenters. The Labute approximate surface area is 200 Å². The van der Waals surface area contributed by atoms with Crippen molar-refractivity contribution in [1.29, 1.82) is 0 Å².